The van der Waals surface area contributed by atoms with Crippen molar-refractivity contribution in [3.8, 4) is 11.4 Å². The van der Waals surface area contributed by atoms with Gasteiger partial charge in [-0.05, 0) is 17.7 Å². The van der Waals surface area contributed by atoms with Gasteiger partial charge in [-0.15, -0.1) is 0 Å². The number of aromatic nitrogens is 2. The highest BCUT2D eigenvalue weighted by Crippen LogP contribution is 2.26. The van der Waals surface area contributed by atoms with E-state index in [1.807, 2.05) is 42.5 Å². The monoisotopic (exact) mass is 283 g/mol. The van der Waals surface area contributed by atoms with Gasteiger partial charge in [-0.1, -0.05) is 47.6 Å². The molecule has 0 radical (unpaired) electrons. The molecule has 21 heavy (non-hydrogen) atoms. The van der Waals surface area contributed by atoms with Crippen LogP contribution in [-0.2, 0) is 6.42 Å². The largest absolute Gasteiger partial charge is 0.388 e. The van der Waals surface area contributed by atoms with E-state index in [0.717, 1.165) is 16.3 Å². The van der Waals surface area contributed by atoms with E-state index in [0.29, 0.717) is 11.7 Å². The molecule has 3 aromatic rings. The number of aliphatic hydroxyl groups is 1. The van der Waals surface area contributed by atoms with Gasteiger partial charge in [-0.2, -0.15) is 4.98 Å². The molecule has 0 saturated carbocycles. The van der Waals surface area contributed by atoms with Crippen molar-refractivity contribution >= 4 is 10.8 Å². The maximum atomic E-state index is 9.98. The van der Waals surface area contributed by atoms with Crippen molar-refractivity contribution in [3.63, 3.8) is 0 Å². The Labute approximate surface area is 122 Å². The average molecular weight is 283 g/mol. The van der Waals surface area contributed by atoms with Gasteiger partial charge in [0.2, 0.25) is 11.7 Å². The van der Waals surface area contributed by atoms with Crippen molar-refractivity contribution < 1.29 is 9.63 Å². The summed E-state index contributed by atoms with van der Waals surface area (Å²) in [5.41, 5.74) is 5.38. The van der Waals surface area contributed by atoms with Crippen molar-refractivity contribution in [2.24, 2.45) is 5.73 Å². The van der Waals surface area contributed by atoms with Crippen LogP contribution in [0.25, 0.3) is 22.2 Å². The van der Waals surface area contributed by atoms with Crippen molar-refractivity contribution in [2.45, 2.75) is 18.9 Å². The molecule has 1 unspecified atom stereocenters. The van der Waals surface area contributed by atoms with Gasteiger partial charge in [0, 0.05) is 12.1 Å². The first kappa shape index (κ1) is 13.7. The van der Waals surface area contributed by atoms with Gasteiger partial charge in [0.15, 0.2) is 0 Å². The zero-order valence-electron chi connectivity index (χ0n) is 11.8. The molecule has 0 aliphatic carbocycles. The molecule has 0 aliphatic rings. The Hall–Kier alpha value is -2.24. The van der Waals surface area contributed by atoms with Gasteiger partial charge in [0.25, 0.3) is 0 Å². The van der Waals surface area contributed by atoms with E-state index >= 15 is 0 Å². The number of hydrogen-bond donors (Lipinski definition) is 2. The number of benzene rings is 2. The van der Waals surface area contributed by atoms with Crippen LogP contribution in [0.4, 0.5) is 0 Å². The standard InChI is InChI=1S/C16H17N3O2/c1-16(20,10-17)9-14-18-15(19-21-14)13-8-4-6-11-5-2-3-7-12(11)13/h2-8,20H,9-10,17H2,1H3. The van der Waals surface area contributed by atoms with Crippen LogP contribution in [0.15, 0.2) is 47.0 Å². The first-order valence-electron chi connectivity index (χ1n) is 6.82. The van der Waals surface area contributed by atoms with Crippen LogP contribution in [0.3, 0.4) is 0 Å². The zero-order chi connectivity index (χ0) is 14.9. The van der Waals surface area contributed by atoms with Crippen molar-refractivity contribution in [1.82, 2.24) is 10.1 Å². The van der Waals surface area contributed by atoms with E-state index in [1.165, 1.54) is 0 Å². The molecule has 1 atom stereocenters. The van der Waals surface area contributed by atoms with Crippen molar-refractivity contribution in [1.29, 1.82) is 0 Å². The van der Waals surface area contributed by atoms with Gasteiger partial charge in [-0.3, -0.25) is 0 Å². The topological polar surface area (TPSA) is 85.2 Å². The Bertz CT molecular complexity index is 760. The maximum Gasteiger partial charge on any atom is 0.229 e. The second kappa shape index (κ2) is 5.27. The summed E-state index contributed by atoms with van der Waals surface area (Å²) in [5, 5.41) is 16.2. The summed E-state index contributed by atoms with van der Waals surface area (Å²) in [4.78, 5) is 4.37. The van der Waals surface area contributed by atoms with E-state index in [4.69, 9.17) is 10.3 Å². The lowest BCUT2D eigenvalue weighted by Crippen LogP contribution is -2.36. The number of fused-ring (bicyclic) bond motifs is 1. The lowest BCUT2D eigenvalue weighted by Gasteiger charge is -2.17. The molecular formula is C16H17N3O2. The van der Waals surface area contributed by atoms with Gasteiger partial charge in [0.1, 0.15) is 0 Å². The van der Waals surface area contributed by atoms with Crippen LogP contribution in [-0.4, -0.2) is 27.4 Å². The molecule has 0 bridgehead atoms. The second-order valence-corrected chi connectivity index (χ2v) is 5.42. The molecule has 3 rings (SSSR count). The van der Waals surface area contributed by atoms with Crippen LogP contribution in [0.2, 0.25) is 0 Å². The highest BCUT2D eigenvalue weighted by Gasteiger charge is 2.23. The van der Waals surface area contributed by atoms with Crippen LogP contribution < -0.4 is 5.73 Å². The molecular weight excluding hydrogens is 266 g/mol. The van der Waals surface area contributed by atoms with Crippen molar-refractivity contribution in [2.75, 3.05) is 6.54 Å². The quantitative estimate of drug-likeness (QED) is 0.766. The molecule has 0 saturated heterocycles. The summed E-state index contributed by atoms with van der Waals surface area (Å²) in [6, 6.07) is 14.0. The van der Waals surface area contributed by atoms with Crippen LogP contribution >= 0.6 is 0 Å². The molecule has 1 aromatic heterocycles. The molecule has 0 spiro atoms. The predicted octanol–water partition coefficient (Wildman–Crippen LogP) is 2.14. The minimum Gasteiger partial charge on any atom is -0.388 e. The molecule has 108 valence electrons. The first-order valence-corrected chi connectivity index (χ1v) is 6.82. The molecule has 5 nitrogen and oxygen atoms in total. The Kier molecular flexibility index (Phi) is 3.45. The highest BCUT2D eigenvalue weighted by atomic mass is 16.5. The van der Waals surface area contributed by atoms with Gasteiger partial charge in [0.05, 0.1) is 12.0 Å². The molecule has 5 heteroatoms. The second-order valence-electron chi connectivity index (χ2n) is 5.42. The minimum absolute atomic E-state index is 0.138. The highest BCUT2D eigenvalue weighted by molar-refractivity contribution is 5.94. The van der Waals surface area contributed by atoms with Gasteiger partial charge < -0.3 is 15.4 Å². The fraction of sp³-hybridized carbons (Fsp3) is 0.250. The predicted molar refractivity (Wildman–Crippen MR) is 80.6 cm³/mol. The summed E-state index contributed by atoms with van der Waals surface area (Å²) < 4.78 is 5.23. The Balaban J connectivity index is 1.99. The van der Waals surface area contributed by atoms with E-state index < -0.39 is 5.60 Å². The molecule has 2 aromatic carbocycles. The molecule has 0 aliphatic heterocycles. The fourth-order valence-electron chi connectivity index (χ4n) is 2.25. The van der Waals surface area contributed by atoms with Crippen LogP contribution in [0, 0.1) is 0 Å². The number of nitrogens with two attached hydrogens (primary N) is 1. The zero-order valence-corrected chi connectivity index (χ0v) is 11.8. The van der Waals surface area contributed by atoms with Crippen molar-refractivity contribution in [3.05, 3.63) is 48.4 Å². The Morgan fingerprint density at radius 3 is 2.76 bits per heavy atom. The Morgan fingerprint density at radius 1 is 1.19 bits per heavy atom. The third-order valence-corrected chi connectivity index (χ3v) is 3.47. The maximum absolute atomic E-state index is 9.98. The van der Waals surface area contributed by atoms with Gasteiger partial charge >= 0.3 is 0 Å². The first-order chi connectivity index (χ1) is 10.1. The lowest BCUT2D eigenvalue weighted by atomic mass is 10.0. The third kappa shape index (κ3) is 2.79. The summed E-state index contributed by atoms with van der Waals surface area (Å²) in [6.07, 6.45) is 0.237. The van der Waals surface area contributed by atoms with E-state index in [9.17, 15) is 5.11 Å². The summed E-state index contributed by atoms with van der Waals surface area (Å²) in [7, 11) is 0. The normalized spacial score (nSPS) is 14.2. The van der Waals surface area contributed by atoms with E-state index in [2.05, 4.69) is 10.1 Å². The molecule has 3 N–H and O–H groups in total. The third-order valence-electron chi connectivity index (χ3n) is 3.47. The van der Waals surface area contributed by atoms with E-state index in [-0.39, 0.29) is 13.0 Å². The fourth-order valence-corrected chi connectivity index (χ4v) is 2.25. The van der Waals surface area contributed by atoms with E-state index in [1.54, 1.807) is 6.92 Å². The average Bonchev–Trinajstić information content (AvgIpc) is 2.94. The molecule has 0 amide bonds. The van der Waals surface area contributed by atoms with Crippen LogP contribution in [0.1, 0.15) is 12.8 Å². The van der Waals surface area contributed by atoms with Crippen LogP contribution in [0.5, 0.6) is 0 Å². The SMILES string of the molecule is CC(O)(CN)Cc1nc(-c2cccc3ccccc23)no1. The number of hydrogen-bond acceptors (Lipinski definition) is 5. The molecule has 1 heterocycles. The summed E-state index contributed by atoms with van der Waals surface area (Å²) in [6.45, 7) is 1.79. The number of rotatable bonds is 4. The minimum atomic E-state index is -1.04. The lowest BCUT2D eigenvalue weighted by molar-refractivity contribution is 0.0610. The smallest absolute Gasteiger partial charge is 0.229 e. The Morgan fingerprint density at radius 2 is 1.95 bits per heavy atom. The summed E-state index contributed by atoms with van der Waals surface area (Å²) in [5.74, 6) is 0.906. The summed E-state index contributed by atoms with van der Waals surface area (Å²) >= 11 is 0. The molecule has 0 fully saturated rings. The number of nitrogens with zero attached hydrogens (tertiary/aromatic N) is 2. The van der Waals surface area contributed by atoms with Gasteiger partial charge in [-0.25, -0.2) is 0 Å².